The normalized spacial score (nSPS) is 15.8. The standard InChI is InChI=1S/C23H18F4N4O3/c1-10-12-5-11(3-4-18(12)31(29-10)23(26)27)22(33)30(2)19-9-34-8-17-20(19)13-6-15(24)16(25)7-14(13)21(32)28-17/h3-7,19,23H,8-9H2,1-2H3,(H,28,32)/t19-/m1/s1. The number of ether oxygens (including phenoxy) is 1. The molecular weight excluding hydrogens is 456 g/mol. The van der Waals surface area contributed by atoms with Gasteiger partial charge in [-0.1, -0.05) is 0 Å². The van der Waals surface area contributed by atoms with Gasteiger partial charge in [-0.2, -0.15) is 13.9 Å². The maximum absolute atomic E-state index is 14.1. The van der Waals surface area contributed by atoms with Gasteiger partial charge in [0.05, 0.1) is 35.9 Å². The first-order valence-corrected chi connectivity index (χ1v) is 10.3. The van der Waals surface area contributed by atoms with Crippen LogP contribution in [-0.2, 0) is 11.3 Å². The van der Waals surface area contributed by atoms with Gasteiger partial charge in [0.2, 0.25) is 0 Å². The summed E-state index contributed by atoms with van der Waals surface area (Å²) < 4.78 is 60.5. The van der Waals surface area contributed by atoms with E-state index in [2.05, 4.69) is 10.1 Å². The van der Waals surface area contributed by atoms with Crippen molar-refractivity contribution in [1.29, 1.82) is 0 Å². The quantitative estimate of drug-likeness (QED) is 0.452. The van der Waals surface area contributed by atoms with E-state index in [1.54, 1.807) is 6.92 Å². The van der Waals surface area contributed by atoms with Crippen molar-refractivity contribution in [2.24, 2.45) is 0 Å². The van der Waals surface area contributed by atoms with Gasteiger partial charge in [0.15, 0.2) is 11.6 Å². The molecule has 0 saturated heterocycles. The molecule has 0 bridgehead atoms. The topological polar surface area (TPSA) is 80.2 Å². The lowest BCUT2D eigenvalue weighted by Crippen LogP contribution is -2.37. The van der Waals surface area contributed by atoms with Crippen LogP contribution in [0.1, 0.15) is 39.9 Å². The number of pyridine rings is 1. The Kier molecular flexibility index (Phi) is 5.16. The SMILES string of the molecule is Cc1nn(C(F)F)c2ccc(C(=O)N(C)[C@@H]3COCc4[nH]c(=O)c5cc(F)c(F)cc5c43)cc12. The van der Waals surface area contributed by atoms with E-state index < -0.39 is 35.7 Å². The molecule has 0 unspecified atom stereocenters. The number of rotatable bonds is 3. The second kappa shape index (κ2) is 7.94. The fourth-order valence-corrected chi connectivity index (χ4v) is 4.47. The summed E-state index contributed by atoms with van der Waals surface area (Å²) in [5.74, 6) is -2.72. The molecule has 1 atom stereocenters. The Hall–Kier alpha value is -3.73. The van der Waals surface area contributed by atoms with Crippen LogP contribution >= 0.6 is 0 Å². The monoisotopic (exact) mass is 474 g/mol. The van der Waals surface area contributed by atoms with Gasteiger partial charge in [0.25, 0.3) is 11.5 Å². The summed E-state index contributed by atoms with van der Waals surface area (Å²) in [6, 6.07) is 5.37. The van der Waals surface area contributed by atoms with Crippen LogP contribution < -0.4 is 5.56 Å². The number of carbonyl (C=O) groups is 1. The molecule has 0 fully saturated rings. The van der Waals surface area contributed by atoms with Crippen molar-refractivity contribution in [2.75, 3.05) is 13.7 Å². The van der Waals surface area contributed by atoms with Crippen LogP contribution in [-0.4, -0.2) is 39.2 Å². The number of amides is 1. The lowest BCUT2D eigenvalue weighted by molar-refractivity contribution is 0.0336. The van der Waals surface area contributed by atoms with Gasteiger partial charge < -0.3 is 14.6 Å². The number of benzene rings is 2. The summed E-state index contributed by atoms with van der Waals surface area (Å²) in [7, 11) is 1.52. The lowest BCUT2D eigenvalue weighted by atomic mass is 9.95. The third-order valence-electron chi connectivity index (χ3n) is 6.15. The highest BCUT2D eigenvalue weighted by molar-refractivity contribution is 5.99. The minimum absolute atomic E-state index is 0.0377. The van der Waals surface area contributed by atoms with Crippen LogP contribution in [0.5, 0.6) is 0 Å². The summed E-state index contributed by atoms with van der Waals surface area (Å²) in [6.45, 7) is -1.16. The van der Waals surface area contributed by atoms with E-state index in [0.29, 0.717) is 27.0 Å². The number of alkyl halides is 2. The fourth-order valence-electron chi connectivity index (χ4n) is 4.47. The smallest absolute Gasteiger partial charge is 0.333 e. The summed E-state index contributed by atoms with van der Waals surface area (Å²) in [4.78, 5) is 29.8. The first kappa shape index (κ1) is 22.1. The molecule has 1 aliphatic rings. The minimum Gasteiger partial charge on any atom is -0.373 e. The molecular formula is C23H18F4N4O3. The maximum Gasteiger partial charge on any atom is 0.333 e. The van der Waals surface area contributed by atoms with Gasteiger partial charge in [-0.3, -0.25) is 9.59 Å². The maximum atomic E-state index is 14.1. The molecule has 1 aliphatic heterocycles. The van der Waals surface area contributed by atoms with Crippen LogP contribution in [0.25, 0.3) is 21.7 Å². The van der Waals surface area contributed by atoms with Gasteiger partial charge in [-0.15, -0.1) is 0 Å². The number of hydrogen-bond donors (Lipinski definition) is 1. The number of H-pyrrole nitrogens is 1. The molecule has 5 rings (SSSR count). The number of halogens is 4. The van der Waals surface area contributed by atoms with Crippen LogP contribution in [0.2, 0.25) is 0 Å². The zero-order valence-electron chi connectivity index (χ0n) is 18.0. The Morgan fingerprint density at radius 3 is 2.59 bits per heavy atom. The zero-order valence-corrected chi connectivity index (χ0v) is 18.0. The molecule has 2 aromatic heterocycles. The van der Waals surface area contributed by atoms with Gasteiger partial charge in [0.1, 0.15) is 0 Å². The highest BCUT2D eigenvalue weighted by atomic mass is 19.3. The third-order valence-corrected chi connectivity index (χ3v) is 6.15. The zero-order chi connectivity index (χ0) is 24.3. The fraction of sp³-hybridized carbons (Fsp3) is 0.261. The Bertz CT molecular complexity index is 1530. The van der Waals surface area contributed by atoms with Crippen molar-refractivity contribution in [3.05, 3.63) is 74.8 Å². The summed E-state index contributed by atoms with van der Waals surface area (Å²) in [5, 5.41) is 4.39. The molecule has 3 heterocycles. The average Bonchev–Trinajstić information content (AvgIpc) is 3.15. The summed E-state index contributed by atoms with van der Waals surface area (Å²) in [5.41, 5.74) is 0.995. The van der Waals surface area contributed by atoms with Crippen molar-refractivity contribution in [1.82, 2.24) is 19.7 Å². The Morgan fingerprint density at radius 1 is 1.18 bits per heavy atom. The van der Waals surface area contributed by atoms with Crippen molar-refractivity contribution in [2.45, 2.75) is 26.1 Å². The van der Waals surface area contributed by atoms with E-state index in [0.717, 1.165) is 12.1 Å². The summed E-state index contributed by atoms with van der Waals surface area (Å²) in [6.07, 6.45) is 0. The van der Waals surface area contributed by atoms with Gasteiger partial charge in [0, 0.05) is 29.3 Å². The number of aromatic amines is 1. The van der Waals surface area contributed by atoms with E-state index >= 15 is 0 Å². The van der Waals surface area contributed by atoms with Gasteiger partial charge in [-0.05, 0) is 42.6 Å². The molecule has 7 nitrogen and oxygen atoms in total. The van der Waals surface area contributed by atoms with E-state index in [1.807, 2.05) is 0 Å². The van der Waals surface area contributed by atoms with Crippen molar-refractivity contribution in [3.63, 3.8) is 0 Å². The average molecular weight is 474 g/mol. The molecule has 2 aromatic carbocycles. The van der Waals surface area contributed by atoms with Crippen molar-refractivity contribution < 1.29 is 27.1 Å². The van der Waals surface area contributed by atoms with Gasteiger partial charge >= 0.3 is 6.55 Å². The van der Waals surface area contributed by atoms with Crippen LogP contribution in [0.4, 0.5) is 17.6 Å². The summed E-state index contributed by atoms with van der Waals surface area (Å²) >= 11 is 0. The molecule has 176 valence electrons. The second-order valence-corrected chi connectivity index (χ2v) is 8.14. The number of nitrogens with one attached hydrogen (secondary N) is 1. The first-order chi connectivity index (χ1) is 16.2. The minimum atomic E-state index is -2.82. The molecule has 34 heavy (non-hydrogen) atoms. The molecule has 4 aromatic rings. The Labute approximate surface area is 189 Å². The predicted molar refractivity (Wildman–Crippen MR) is 115 cm³/mol. The Morgan fingerprint density at radius 2 is 1.88 bits per heavy atom. The van der Waals surface area contributed by atoms with Crippen LogP contribution in [0.3, 0.4) is 0 Å². The molecule has 0 radical (unpaired) electrons. The highest BCUT2D eigenvalue weighted by Gasteiger charge is 2.32. The van der Waals surface area contributed by atoms with Crippen molar-refractivity contribution >= 4 is 27.6 Å². The van der Waals surface area contributed by atoms with Crippen LogP contribution in [0, 0.1) is 18.6 Å². The largest absolute Gasteiger partial charge is 0.373 e. The molecule has 1 amide bonds. The number of hydrogen-bond acceptors (Lipinski definition) is 4. The Balaban J connectivity index is 1.59. The first-order valence-electron chi connectivity index (χ1n) is 10.3. The van der Waals surface area contributed by atoms with E-state index in [-0.39, 0.29) is 35.1 Å². The molecule has 0 saturated carbocycles. The number of fused-ring (bicyclic) bond motifs is 4. The van der Waals surface area contributed by atoms with Crippen molar-refractivity contribution in [3.8, 4) is 0 Å². The van der Waals surface area contributed by atoms with E-state index in [9.17, 15) is 27.2 Å². The molecule has 0 aliphatic carbocycles. The predicted octanol–water partition coefficient (Wildman–Crippen LogP) is 4.20. The third kappa shape index (κ3) is 3.35. The molecule has 11 heteroatoms. The number of carbonyl (C=O) groups excluding carboxylic acids is 1. The second-order valence-electron chi connectivity index (χ2n) is 8.14. The number of likely N-dealkylation sites (N-methyl/N-ethyl adjacent to an activating group) is 1. The van der Waals surface area contributed by atoms with E-state index in [4.69, 9.17) is 4.74 Å². The lowest BCUT2D eigenvalue weighted by Gasteiger charge is -2.34. The number of nitrogens with zero attached hydrogens (tertiary/aromatic N) is 3. The number of aryl methyl sites for hydroxylation is 1. The number of aromatic nitrogens is 3. The highest BCUT2D eigenvalue weighted by Crippen LogP contribution is 2.34. The molecule has 0 spiro atoms. The molecule has 1 N–H and O–H groups in total. The van der Waals surface area contributed by atoms with E-state index in [1.165, 1.54) is 30.1 Å². The van der Waals surface area contributed by atoms with Gasteiger partial charge in [-0.25, -0.2) is 13.5 Å². The van der Waals surface area contributed by atoms with Crippen LogP contribution in [0.15, 0.2) is 35.1 Å².